The summed E-state index contributed by atoms with van der Waals surface area (Å²) in [5, 5.41) is 2.93. The summed E-state index contributed by atoms with van der Waals surface area (Å²) in [7, 11) is 1.74. The van der Waals surface area contributed by atoms with Crippen molar-refractivity contribution in [1.82, 2.24) is 15.3 Å². The molecular formula is C19H21F2N4O2+. The molecule has 27 heavy (non-hydrogen) atoms. The summed E-state index contributed by atoms with van der Waals surface area (Å²) in [4.78, 5) is 19.9. The van der Waals surface area contributed by atoms with E-state index in [9.17, 15) is 13.6 Å². The molecule has 0 bridgehead atoms. The monoisotopic (exact) mass is 375 g/mol. The second-order valence-electron chi connectivity index (χ2n) is 6.77. The van der Waals surface area contributed by atoms with Crippen molar-refractivity contribution in [2.45, 2.75) is 26.8 Å². The molecule has 0 saturated carbocycles. The summed E-state index contributed by atoms with van der Waals surface area (Å²) in [5.74, 6) is -1.59. The summed E-state index contributed by atoms with van der Waals surface area (Å²) < 4.78 is 34.0. The van der Waals surface area contributed by atoms with Gasteiger partial charge in [-0.05, 0) is 25.0 Å². The van der Waals surface area contributed by atoms with E-state index < -0.39 is 11.6 Å². The zero-order chi connectivity index (χ0) is 19.7. The van der Waals surface area contributed by atoms with Crippen LogP contribution in [-0.4, -0.2) is 21.9 Å². The third-order valence-electron chi connectivity index (χ3n) is 4.42. The summed E-state index contributed by atoms with van der Waals surface area (Å²) in [6, 6.07) is 3.00. The number of H-pyrrole nitrogens is 1. The van der Waals surface area contributed by atoms with Crippen molar-refractivity contribution in [2.24, 2.45) is 13.0 Å². The zero-order valence-corrected chi connectivity index (χ0v) is 15.5. The van der Waals surface area contributed by atoms with E-state index in [-0.39, 0.29) is 29.5 Å². The van der Waals surface area contributed by atoms with Gasteiger partial charge in [-0.15, -0.1) is 0 Å². The lowest BCUT2D eigenvalue weighted by Crippen LogP contribution is -2.36. The average Bonchev–Trinajstić information content (AvgIpc) is 3.02. The summed E-state index contributed by atoms with van der Waals surface area (Å²) >= 11 is 0. The minimum Gasteiger partial charge on any atom is -0.433 e. The topological polar surface area (TPSA) is 70.9 Å². The average molecular weight is 375 g/mol. The van der Waals surface area contributed by atoms with Gasteiger partial charge in [0.2, 0.25) is 0 Å². The van der Waals surface area contributed by atoms with Gasteiger partial charge in [0.05, 0.1) is 7.05 Å². The predicted octanol–water partition coefficient (Wildman–Crippen LogP) is 3.23. The standard InChI is InChI=1S/C19H20F2N4O2/c1-10(2)11(3)23-19(26)13-8-22-18-17(13)24-16(9-25(18)4)27-15-6-5-12(20)7-14(15)21/h5-11H,1-4H3,(H,23,26)/p+1. The molecule has 1 atom stereocenters. The maximum absolute atomic E-state index is 13.8. The van der Waals surface area contributed by atoms with Crippen LogP contribution in [0.1, 0.15) is 31.1 Å². The smallest absolute Gasteiger partial charge is 0.306 e. The van der Waals surface area contributed by atoms with Gasteiger partial charge in [0, 0.05) is 12.1 Å². The molecule has 2 heterocycles. The third-order valence-corrected chi connectivity index (χ3v) is 4.42. The highest BCUT2D eigenvalue weighted by Gasteiger charge is 2.23. The van der Waals surface area contributed by atoms with E-state index in [2.05, 4.69) is 15.3 Å². The number of halogens is 2. The van der Waals surface area contributed by atoms with E-state index in [1.165, 1.54) is 6.07 Å². The Morgan fingerprint density at radius 2 is 2.04 bits per heavy atom. The molecule has 142 valence electrons. The SMILES string of the molecule is CC(C)C(C)NC(=O)c1c[nH]c2c1nc(Oc1ccc(F)cc1F)c[n+]2C. The fourth-order valence-electron chi connectivity index (χ4n) is 2.50. The number of fused-ring (bicyclic) bond motifs is 1. The van der Waals surface area contributed by atoms with Gasteiger partial charge in [0.1, 0.15) is 17.6 Å². The number of aromatic nitrogens is 3. The number of carbonyl (C=O) groups excluding carboxylic acids is 1. The summed E-state index contributed by atoms with van der Waals surface area (Å²) in [6.45, 7) is 5.96. The molecule has 3 aromatic rings. The summed E-state index contributed by atoms with van der Waals surface area (Å²) in [6.07, 6.45) is 3.11. The molecule has 0 aliphatic heterocycles. The number of rotatable bonds is 5. The van der Waals surface area contributed by atoms with Gasteiger partial charge in [-0.25, -0.2) is 23.3 Å². The van der Waals surface area contributed by atoms with E-state index in [1.807, 2.05) is 20.8 Å². The lowest BCUT2D eigenvalue weighted by molar-refractivity contribution is -0.647. The van der Waals surface area contributed by atoms with E-state index >= 15 is 0 Å². The van der Waals surface area contributed by atoms with Crippen LogP contribution in [0, 0.1) is 17.6 Å². The quantitative estimate of drug-likeness (QED) is 0.673. The molecular weight excluding hydrogens is 354 g/mol. The van der Waals surface area contributed by atoms with Crippen molar-refractivity contribution < 1.29 is 22.9 Å². The van der Waals surface area contributed by atoms with Crippen LogP contribution >= 0.6 is 0 Å². The van der Waals surface area contributed by atoms with Gasteiger partial charge < -0.3 is 10.1 Å². The highest BCUT2D eigenvalue weighted by molar-refractivity contribution is 6.04. The normalized spacial score (nSPS) is 12.4. The molecule has 0 fully saturated rings. The van der Waals surface area contributed by atoms with Crippen molar-refractivity contribution in [3.05, 3.63) is 47.8 Å². The molecule has 1 aromatic carbocycles. The molecule has 1 unspecified atom stereocenters. The van der Waals surface area contributed by atoms with Gasteiger partial charge in [-0.1, -0.05) is 13.8 Å². The maximum Gasteiger partial charge on any atom is 0.306 e. The van der Waals surface area contributed by atoms with Gasteiger partial charge >= 0.3 is 5.65 Å². The van der Waals surface area contributed by atoms with Gasteiger partial charge in [0.25, 0.3) is 11.8 Å². The fraction of sp³-hybridized carbons (Fsp3) is 0.316. The molecule has 6 nitrogen and oxygen atoms in total. The van der Waals surface area contributed by atoms with Crippen LogP contribution in [0.25, 0.3) is 11.2 Å². The Morgan fingerprint density at radius 3 is 2.70 bits per heavy atom. The second-order valence-corrected chi connectivity index (χ2v) is 6.77. The van der Waals surface area contributed by atoms with Crippen molar-refractivity contribution in [1.29, 1.82) is 0 Å². The van der Waals surface area contributed by atoms with E-state index in [0.717, 1.165) is 12.1 Å². The van der Waals surface area contributed by atoms with Crippen LogP contribution in [0.2, 0.25) is 0 Å². The first-order valence-corrected chi connectivity index (χ1v) is 8.57. The Balaban J connectivity index is 1.96. The number of nitrogens with one attached hydrogen (secondary N) is 2. The Kier molecular flexibility index (Phi) is 5.07. The van der Waals surface area contributed by atoms with Crippen molar-refractivity contribution >= 4 is 17.1 Å². The lowest BCUT2D eigenvalue weighted by Gasteiger charge is -2.16. The molecule has 2 aromatic heterocycles. The zero-order valence-electron chi connectivity index (χ0n) is 15.5. The minimum absolute atomic E-state index is 0.0102. The number of aromatic amines is 1. The number of hydrogen-bond donors (Lipinski definition) is 2. The molecule has 3 rings (SSSR count). The Hall–Kier alpha value is -3.03. The van der Waals surface area contributed by atoms with Crippen LogP contribution in [0.3, 0.4) is 0 Å². The van der Waals surface area contributed by atoms with E-state index in [4.69, 9.17) is 4.74 Å². The van der Waals surface area contributed by atoms with Gasteiger partial charge in [-0.3, -0.25) is 4.79 Å². The number of amides is 1. The summed E-state index contributed by atoms with van der Waals surface area (Å²) in [5.41, 5.74) is 1.37. The third kappa shape index (κ3) is 3.89. The molecule has 1 amide bonds. The van der Waals surface area contributed by atoms with Crippen molar-refractivity contribution in [2.75, 3.05) is 0 Å². The molecule has 0 aliphatic carbocycles. The van der Waals surface area contributed by atoms with Crippen LogP contribution in [-0.2, 0) is 7.05 Å². The van der Waals surface area contributed by atoms with Crippen molar-refractivity contribution in [3.8, 4) is 11.6 Å². The number of aryl methyl sites for hydroxylation is 1. The van der Waals surface area contributed by atoms with E-state index in [1.54, 1.807) is 24.0 Å². The van der Waals surface area contributed by atoms with Gasteiger partial charge in [-0.2, -0.15) is 0 Å². The van der Waals surface area contributed by atoms with Crippen molar-refractivity contribution in [3.63, 3.8) is 0 Å². The first-order chi connectivity index (χ1) is 12.8. The first kappa shape index (κ1) is 18.8. The number of benzene rings is 1. The van der Waals surface area contributed by atoms with Gasteiger partial charge in [0.15, 0.2) is 23.3 Å². The van der Waals surface area contributed by atoms with Crippen LogP contribution in [0.4, 0.5) is 8.78 Å². The molecule has 0 spiro atoms. The Labute approximate surface area is 155 Å². The minimum atomic E-state index is -0.836. The Morgan fingerprint density at radius 1 is 1.30 bits per heavy atom. The molecule has 8 heteroatoms. The van der Waals surface area contributed by atoms with Crippen LogP contribution < -0.4 is 14.6 Å². The molecule has 0 radical (unpaired) electrons. The highest BCUT2D eigenvalue weighted by Crippen LogP contribution is 2.24. The Bertz CT molecular complexity index is 1000. The lowest BCUT2D eigenvalue weighted by atomic mass is 10.1. The molecule has 0 aliphatic rings. The number of carbonyl (C=O) groups is 1. The number of hydrogen-bond acceptors (Lipinski definition) is 3. The maximum atomic E-state index is 13.8. The van der Waals surface area contributed by atoms with Crippen LogP contribution in [0.15, 0.2) is 30.6 Å². The predicted molar refractivity (Wildman–Crippen MR) is 95.5 cm³/mol. The van der Waals surface area contributed by atoms with E-state index in [0.29, 0.717) is 16.7 Å². The number of nitrogens with zero attached hydrogens (tertiary/aromatic N) is 2. The highest BCUT2D eigenvalue weighted by atomic mass is 19.1. The largest absolute Gasteiger partial charge is 0.433 e. The fourth-order valence-corrected chi connectivity index (χ4v) is 2.50. The van der Waals surface area contributed by atoms with Crippen LogP contribution in [0.5, 0.6) is 11.6 Å². The second kappa shape index (κ2) is 7.30. The molecule has 0 saturated heterocycles. The molecule has 2 N–H and O–H groups in total. The first-order valence-electron chi connectivity index (χ1n) is 8.57. The number of ether oxygens (including phenoxy) is 1.